The van der Waals surface area contributed by atoms with Gasteiger partial charge in [0.25, 0.3) is 0 Å². The molecular weight excluding hydrogens is 184 g/mol. The molecule has 5 heteroatoms. The second-order valence-electron chi connectivity index (χ2n) is 2.73. The highest BCUT2D eigenvalue weighted by atomic mass is 16.7. The average Bonchev–Trinajstić information content (AvgIpc) is 2.12. The largest absolute Gasteiger partial charge is 0.435 e. The number of carbonyl (C=O) groups is 1. The summed E-state index contributed by atoms with van der Waals surface area (Å²) in [5.74, 6) is -0.508. The quantitative estimate of drug-likeness (QED) is 0.420. The van der Waals surface area contributed by atoms with Crippen molar-refractivity contribution in [3.05, 3.63) is 23.8 Å². The Morgan fingerprint density at radius 3 is 2.36 bits per heavy atom. The van der Waals surface area contributed by atoms with E-state index in [0.717, 1.165) is 0 Å². The summed E-state index contributed by atoms with van der Waals surface area (Å²) in [5.41, 5.74) is 12.2. The number of nitrogens with two attached hydrogens (primary N) is 2. The molecule has 0 aliphatic carbocycles. The molecule has 1 rings (SSSR count). The summed E-state index contributed by atoms with van der Waals surface area (Å²) in [6.07, 6.45) is 0. The van der Waals surface area contributed by atoms with Crippen molar-refractivity contribution in [1.82, 2.24) is 0 Å². The number of ether oxygens (including phenoxy) is 2. The van der Waals surface area contributed by atoms with Crippen LogP contribution < -0.4 is 11.5 Å². The van der Waals surface area contributed by atoms with Crippen LogP contribution in [0.3, 0.4) is 0 Å². The lowest BCUT2D eigenvalue weighted by Gasteiger charge is -2.04. The topological polar surface area (TPSA) is 87.6 Å². The van der Waals surface area contributed by atoms with Crippen molar-refractivity contribution in [2.24, 2.45) is 0 Å². The lowest BCUT2D eigenvalue weighted by Crippen LogP contribution is -2.08. The normalized spacial score (nSPS) is 9.79. The Bertz CT molecular complexity index is 319. The van der Waals surface area contributed by atoms with Crippen LogP contribution in [0, 0.1) is 0 Å². The number of hydrogen-bond acceptors (Lipinski definition) is 5. The van der Waals surface area contributed by atoms with Gasteiger partial charge in [0.05, 0.1) is 5.56 Å². The van der Waals surface area contributed by atoms with E-state index in [2.05, 4.69) is 4.74 Å². The van der Waals surface area contributed by atoms with Gasteiger partial charge in [-0.15, -0.1) is 0 Å². The lowest BCUT2D eigenvalue weighted by atomic mass is 10.2. The van der Waals surface area contributed by atoms with E-state index in [1.807, 2.05) is 0 Å². The maximum Gasteiger partial charge on any atom is 0.340 e. The molecule has 76 valence electrons. The molecule has 0 atom stereocenters. The molecular formula is C9H12N2O3. The van der Waals surface area contributed by atoms with E-state index >= 15 is 0 Å². The van der Waals surface area contributed by atoms with Crippen molar-refractivity contribution in [2.75, 3.05) is 25.4 Å². The monoisotopic (exact) mass is 196 g/mol. The van der Waals surface area contributed by atoms with Gasteiger partial charge in [0.15, 0.2) is 6.79 Å². The zero-order valence-corrected chi connectivity index (χ0v) is 7.82. The van der Waals surface area contributed by atoms with Crippen LogP contribution in [0.15, 0.2) is 18.2 Å². The van der Waals surface area contributed by atoms with Crippen LogP contribution in [0.4, 0.5) is 11.4 Å². The van der Waals surface area contributed by atoms with Crippen molar-refractivity contribution in [3.8, 4) is 0 Å². The molecule has 0 radical (unpaired) electrons. The number of rotatable bonds is 3. The first-order valence-electron chi connectivity index (χ1n) is 3.95. The van der Waals surface area contributed by atoms with Crippen LogP contribution in [0.5, 0.6) is 0 Å². The van der Waals surface area contributed by atoms with Crippen molar-refractivity contribution >= 4 is 17.3 Å². The minimum absolute atomic E-state index is 0.0897. The first-order valence-corrected chi connectivity index (χ1v) is 3.95. The first kappa shape index (κ1) is 10.3. The van der Waals surface area contributed by atoms with E-state index in [4.69, 9.17) is 16.2 Å². The van der Waals surface area contributed by atoms with E-state index in [1.54, 1.807) is 6.07 Å². The minimum Gasteiger partial charge on any atom is -0.435 e. The molecule has 0 aliphatic rings. The maximum absolute atomic E-state index is 11.3. The Morgan fingerprint density at radius 1 is 1.29 bits per heavy atom. The molecule has 0 bridgehead atoms. The Hall–Kier alpha value is -1.75. The van der Waals surface area contributed by atoms with Crippen LogP contribution in [0.1, 0.15) is 10.4 Å². The zero-order valence-electron chi connectivity index (χ0n) is 7.82. The van der Waals surface area contributed by atoms with Crippen LogP contribution in [-0.4, -0.2) is 19.9 Å². The summed E-state index contributed by atoms with van der Waals surface area (Å²) < 4.78 is 9.30. The van der Waals surface area contributed by atoms with E-state index in [-0.39, 0.29) is 6.79 Å². The summed E-state index contributed by atoms with van der Waals surface area (Å²) in [4.78, 5) is 11.3. The molecule has 0 aromatic heterocycles. The molecule has 0 unspecified atom stereocenters. The zero-order chi connectivity index (χ0) is 10.6. The van der Waals surface area contributed by atoms with Crippen molar-refractivity contribution < 1.29 is 14.3 Å². The predicted molar refractivity (Wildman–Crippen MR) is 52.6 cm³/mol. The smallest absolute Gasteiger partial charge is 0.340 e. The molecule has 14 heavy (non-hydrogen) atoms. The van der Waals surface area contributed by atoms with Crippen LogP contribution in [0.25, 0.3) is 0 Å². The fourth-order valence-electron chi connectivity index (χ4n) is 0.990. The maximum atomic E-state index is 11.3. The number of esters is 1. The number of benzene rings is 1. The molecule has 0 heterocycles. The standard InChI is InChI=1S/C9H12N2O3/c1-13-5-14-9(12)6-2-7(10)4-8(11)3-6/h2-4H,5,10-11H2,1H3. The number of methoxy groups -OCH3 is 1. The summed E-state index contributed by atoms with van der Waals surface area (Å²) >= 11 is 0. The van der Waals surface area contributed by atoms with Gasteiger partial charge in [-0.1, -0.05) is 0 Å². The Morgan fingerprint density at radius 2 is 1.86 bits per heavy atom. The first-order chi connectivity index (χ1) is 6.63. The summed E-state index contributed by atoms with van der Waals surface area (Å²) in [6.45, 7) is -0.0897. The van der Waals surface area contributed by atoms with Gasteiger partial charge in [-0.25, -0.2) is 4.79 Å². The van der Waals surface area contributed by atoms with Gasteiger partial charge in [0.2, 0.25) is 0 Å². The van der Waals surface area contributed by atoms with Gasteiger partial charge in [0, 0.05) is 18.5 Å². The molecule has 0 amide bonds. The number of anilines is 2. The fourth-order valence-corrected chi connectivity index (χ4v) is 0.990. The van der Waals surface area contributed by atoms with Gasteiger partial charge in [0.1, 0.15) is 0 Å². The highest BCUT2D eigenvalue weighted by Gasteiger charge is 2.07. The molecule has 5 nitrogen and oxygen atoms in total. The predicted octanol–water partition coefficient (Wildman–Crippen LogP) is 0.612. The summed E-state index contributed by atoms with van der Waals surface area (Å²) in [6, 6.07) is 4.55. The summed E-state index contributed by atoms with van der Waals surface area (Å²) in [7, 11) is 1.43. The molecule has 0 saturated heterocycles. The van der Waals surface area contributed by atoms with Crippen molar-refractivity contribution in [1.29, 1.82) is 0 Å². The van der Waals surface area contributed by atoms with E-state index in [9.17, 15) is 4.79 Å². The van der Waals surface area contributed by atoms with Crippen LogP contribution in [0.2, 0.25) is 0 Å². The highest BCUT2D eigenvalue weighted by molar-refractivity contribution is 5.91. The second kappa shape index (κ2) is 4.48. The third-order valence-corrected chi connectivity index (χ3v) is 1.52. The van der Waals surface area contributed by atoms with E-state index in [0.29, 0.717) is 16.9 Å². The summed E-state index contributed by atoms with van der Waals surface area (Å²) in [5, 5.41) is 0. The van der Waals surface area contributed by atoms with Gasteiger partial charge in [-0.05, 0) is 18.2 Å². The molecule has 0 fully saturated rings. The minimum atomic E-state index is -0.508. The molecule has 1 aromatic carbocycles. The second-order valence-corrected chi connectivity index (χ2v) is 2.73. The van der Waals surface area contributed by atoms with E-state index in [1.165, 1.54) is 19.2 Å². The van der Waals surface area contributed by atoms with E-state index < -0.39 is 5.97 Å². The van der Waals surface area contributed by atoms with Crippen molar-refractivity contribution in [3.63, 3.8) is 0 Å². The SMILES string of the molecule is COCOC(=O)c1cc(N)cc(N)c1. The van der Waals surface area contributed by atoms with Crippen LogP contribution >= 0.6 is 0 Å². The Balaban J connectivity index is 2.79. The van der Waals surface area contributed by atoms with Gasteiger partial charge in [-0.3, -0.25) is 0 Å². The van der Waals surface area contributed by atoms with Crippen molar-refractivity contribution in [2.45, 2.75) is 0 Å². The van der Waals surface area contributed by atoms with Crippen LogP contribution in [-0.2, 0) is 9.47 Å². The van der Waals surface area contributed by atoms with Gasteiger partial charge in [-0.2, -0.15) is 0 Å². The molecule has 0 saturated carbocycles. The Labute approximate surface area is 81.6 Å². The third-order valence-electron chi connectivity index (χ3n) is 1.52. The number of hydrogen-bond donors (Lipinski definition) is 2. The molecule has 0 aliphatic heterocycles. The Kier molecular flexibility index (Phi) is 3.30. The number of nitrogen functional groups attached to an aromatic ring is 2. The molecule has 4 N–H and O–H groups in total. The van der Waals surface area contributed by atoms with Gasteiger partial charge >= 0.3 is 5.97 Å². The molecule has 0 spiro atoms. The molecule has 1 aromatic rings. The number of carbonyl (C=O) groups excluding carboxylic acids is 1. The lowest BCUT2D eigenvalue weighted by molar-refractivity contribution is -0.0124. The fraction of sp³-hybridized carbons (Fsp3) is 0.222. The third kappa shape index (κ3) is 2.63. The highest BCUT2D eigenvalue weighted by Crippen LogP contribution is 2.14. The average molecular weight is 196 g/mol. The van der Waals surface area contributed by atoms with Gasteiger partial charge < -0.3 is 20.9 Å².